The Labute approximate surface area is 148 Å². The molecule has 0 spiro atoms. The molecule has 0 atom stereocenters. The van der Waals surface area contributed by atoms with Crippen LogP contribution in [-0.2, 0) is 19.3 Å². The zero-order valence-corrected chi connectivity index (χ0v) is 14.7. The Balaban J connectivity index is 1.87. The van der Waals surface area contributed by atoms with Crippen molar-refractivity contribution in [2.75, 3.05) is 0 Å². The molecule has 0 aliphatic carbocycles. The molecule has 1 heterocycles. The van der Waals surface area contributed by atoms with Gasteiger partial charge in [0.25, 0.3) is 0 Å². The molecule has 0 bridgehead atoms. The Morgan fingerprint density at radius 2 is 1.56 bits per heavy atom. The molecule has 2 nitrogen and oxygen atoms in total. The van der Waals surface area contributed by atoms with Crippen LogP contribution < -0.4 is 5.63 Å². The summed E-state index contributed by atoms with van der Waals surface area (Å²) in [4.78, 5) is 12.2. The molecule has 25 heavy (non-hydrogen) atoms. The minimum absolute atomic E-state index is 0.223. The number of unbranched alkanes of at least 4 members (excludes halogenated alkanes) is 1. The highest BCUT2D eigenvalue weighted by molar-refractivity contribution is 5.85. The molecule has 1 aromatic heterocycles. The van der Waals surface area contributed by atoms with Gasteiger partial charge in [-0.3, -0.25) is 0 Å². The number of allylic oxidation sites excluding steroid dienone is 2. The predicted molar refractivity (Wildman–Crippen MR) is 104 cm³/mol. The first kappa shape index (κ1) is 17.2. The van der Waals surface area contributed by atoms with Crippen LogP contribution in [0.5, 0.6) is 0 Å². The molecule has 128 valence electrons. The Kier molecular flexibility index (Phi) is 5.84. The van der Waals surface area contributed by atoms with Crippen molar-refractivity contribution in [1.29, 1.82) is 0 Å². The molecule has 0 saturated carbocycles. The van der Waals surface area contributed by atoms with Gasteiger partial charge in [-0.1, -0.05) is 74.0 Å². The van der Waals surface area contributed by atoms with Crippen LogP contribution in [0, 0.1) is 0 Å². The van der Waals surface area contributed by atoms with E-state index in [1.165, 1.54) is 5.56 Å². The molecule has 0 unspecified atom stereocenters. The van der Waals surface area contributed by atoms with E-state index in [0.29, 0.717) is 5.39 Å². The number of hydrogen-bond acceptors (Lipinski definition) is 2. The summed E-state index contributed by atoms with van der Waals surface area (Å²) in [5.74, 6) is 0.843. The highest BCUT2D eigenvalue weighted by Crippen LogP contribution is 2.22. The van der Waals surface area contributed by atoms with Gasteiger partial charge < -0.3 is 4.42 Å². The lowest BCUT2D eigenvalue weighted by atomic mass is 9.99. The van der Waals surface area contributed by atoms with Gasteiger partial charge in [0, 0.05) is 12.0 Å². The smallest absolute Gasteiger partial charge is 0.343 e. The summed E-state index contributed by atoms with van der Waals surface area (Å²) in [5, 5.41) is 1.70. The summed E-state index contributed by atoms with van der Waals surface area (Å²) < 4.78 is 5.65. The van der Waals surface area contributed by atoms with Crippen LogP contribution in [0.25, 0.3) is 10.8 Å². The monoisotopic (exact) mass is 332 g/mol. The first-order valence-corrected chi connectivity index (χ1v) is 9.02. The third kappa shape index (κ3) is 4.27. The van der Waals surface area contributed by atoms with Crippen LogP contribution in [0.2, 0.25) is 0 Å². The van der Waals surface area contributed by atoms with Gasteiger partial charge in [0.05, 0.1) is 5.39 Å². The van der Waals surface area contributed by atoms with E-state index >= 15 is 0 Å². The van der Waals surface area contributed by atoms with Crippen molar-refractivity contribution in [2.24, 2.45) is 0 Å². The van der Waals surface area contributed by atoms with E-state index in [2.05, 4.69) is 43.3 Å². The van der Waals surface area contributed by atoms with Crippen molar-refractivity contribution in [3.63, 3.8) is 0 Å². The highest BCUT2D eigenvalue weighted by Gasteiger charge is 2.12. The minimum Gasteiger partial charge on any atom is -0.427 e. The summed E-state index contributed by atoms with van der Waals surface area (Å²) in [7, 11) is 0. The number of benzene rings is 2. The van der Waals surface area contributed by atoms with Crippen molar-refractivity contribution < 1.29 is 4.42 Å². The highest BCUT2D eigenvalue weighted by atomic mass is 16.4. The molecule has 0 aliphatic rings. The number of rotatable bonds is 7. The maximum Gasteiger partial charge on any atom is 0.343 e. The van der Waals surface area contributed by atoms with Crippen LogP contribution in [0.3, 0.4) is 0 Å². The first-order chi connectivity index (χ1) is 12.3. The summed E-state index contributed by atoms with van der Waals surface area (Å²) in [6, 6.07) is 18.2. The molecule has 0 fully saturated rings. The van der Waals surface area contributed by atoms with Crippen LogP contribution in [0.4, 0.5) is 0 Å². The molecular weight excluding hydrogens is 308 g/mol. The van der Waals surface area contributed by atoms with Crippen molar-refractivity contribution >= 4 is 10.8 Å². The van der Waals surface area contributed by atoms with E-state index in [9.17, 15) is 4.79 Å². The third-order valence-electron chi connectivity index (χ3n) is 4.47. The minimum atomic E-state index is -0.223. The second-order valence-corrected chi connectivity index (χ2v) is 6.31. The summed E-state index contributed by atoms with van der Waals surface area (Å²) >= 11 is 0. The van der Waals surface area contributed by atoms with E-state index in [1.807, 2.05) is 30.3 Å². The fourth-order valence-corrected chi connectivity index (χ4v) is 3.10. The molecule has 0 saturated heterocycles. The van der Waals surface area contributed by atoms with Gasteiger partial charge in [0.2, 0.25) is 0 Å². The number of aryl methyl sites for hydroxylation is 1. The molecule has 0 aliphatic heterocycles. The third-order valence-corrected chi connectivity index (χ3v) is 4.47. The fourth-order valence-electron chi connectivity index (χ4n) is 3.10. The maximum atomic E-state index is 12.2. The zero-order chi connectivity index (χ0) is 17.5. The SMILES string of the molecule is CCCCc1oc(=O)c2ccccc2c1C/C=C/Cc1ccccc1. The van der Waals surface area contributed by atoms with Gasteiger partial charge in [-0.2, -0.15) is 0 Å². The molecular formula is C23H24O2. The van der Waals surface area contributed by atoms with Crippen LogP contribution >= 0.6 is 0 Å². The molecule has 2 heteroatoms. The van der Waals surface area contributed by atoms with Gasteiger partial charge in [-0.05, 0) is 36.3 Å². The second kappa shape index (κ2) is 8.48. The standard InChI is InChI=1S/C23H24O2/c1-2-3-17-22-20(15-8-7-13-18-11-5-4-6-12-18)19-14-9-10-16-21(19)23(24)25-22/h4-12,14,16H,2-3,13,15,17H2,1H3/b8-7+. The van der Waals surface area contributed by atoms with Gasteiger partial charge in [0.1, 0.15) is 5.76 Å². The van der Waals surface area contributed by atoms with Gasteiger partial charge in [-0.15, -0.1) is 0 Å². The van der Waals surface area contributed by atoms with E-state index in [0.717, 1.165) is 48.8 Å². The van der Waals surface area contributed by atoms with Crippen molar-refractivity contribution in [1.82, 2.24) is 0 Å². The summed E-state index contributed by atoms with van der Waals surface area (Å²) in [6.07, 6.45) is 9.01. The normalized spacial score (nSPS) is 11.4. The lowest BCUT2D eigenvalue weighted by Crippen LogP contribution is -2.07. The molecule has 2 aromatic carbocycles. The van der Waals surface area contributed by atoms with Gasteiger partial charge >= 0.3 is 5.63 Å². The topological polar surface area (TPSA) is 30.2 Å². The van der Waals surface area contributed by atoms with Crippen molar-refractivity contribution in [2.45, 2.75) is 39.0 Å². The average molecular weight is 332 g/mol. The fraction of sp³-hybridized carbons (Fsp3) is 0.261. The largest absolute Gasteiger partial charge is 0.427 e. The van der Waals surface area contributed by atoms with Crippen LogP contribution in [0.1, 0.15) is 36.7 Å². The lowest BCUT2D eigenvalue weighted by molar-refractivity contribution is 0.454. The molecule has 0 N–H and O–H groups in total. The zero-order valence-electron chi connectivity index (χ0n) is 14.7. The van der Waals surface area contributed by atoms with Crippen LogP contribution in [-0.4, -0.2) is 0 Å². The van der Waals surface area contributed by atoms with Gasteiger partial charge in [0.15, 0.2) is 0 Å². The van der Waals surface area contributed by atoms with Gasteiger partial charge in [-0.25, -0.2) is 4.79 Å². The molecule has 3 aromatic rings. The lowest BCUT2D eigenvalue weighted by Gasteiger charge is -2.09. The van der Waals surface area contributed by atoms with E-state index in [4.69, 9.17) is 4.42 Å². The Hall–Kier alpha value is -2.61. The van der Waals surface area contributed by atoms with E-state index < -0.39 is 0 Å². The van der Waals surface area contributed by atoms with Crippen molar-refractivity contribution in [3.05, 3.63) is 94.1 Å². The predicted octanol–water partition coefficient (Wildman–Crippen LogP) is 5.48. The Morgan fingerprint density at radius 1 is 0.880 bits per heavy atom. The molecule has 3 rings (SSSR count). The Bertz CT molecular complexity index is 904. The summed E-state index contributed by atoms with van der Waals surface area (Å²) in [6.45, 7) is 2.15. The number of fused-ring (bicyclic) bond motifs is 1. The summed E-state index contributed by atoms with van der Waals surface area (Å²) in [5.41, 5.74) is 2.22. The van der Waals surface area contributed by atoms with Crippen LogP contribution in [0.15, 0.2) is 76.0 Å². The maximum absolute atomic E-state index is 12.2. The van der Waals surface area contributed by atoms with E-state index in [1.54, 1.807) is 0 Å². The van der Waals surface area contributed by atoms with E-state index in [-0.39, 0.29) is 5.63 Å². The molecule has 0 radical (unpaired) electrons. The Morgan fingerprint density at radius 3 is 2.32 bits per heavy atom. The van der Waals surface area contributed by atoms with Crippen molar-refractivity contribution in [3.8, 4) is 0 Å². The molecule has 0 amide bonds. The number of hydrogen-bond donors (Lipinski definition) is 0. The quantitative estimate of drug-likeness (QED) is 0.537. The second-order valence-electron chi connectivity index (χ2n) is 6.31. The average Bonchev–Trinajstić information content (AvgIpc) is 2.66. The first-order valence-electron chi connectivity index (χ1n) is 9.02.